The number of aliphatic hydroxyl groups excluding tert-OH is 1. The van der Waals surface area contributed by atoms with Crippen molar-refractivity contribution < 1.29 is 9.84 Å². The highest BCUT2D eigenvalue weighted by Crippen LogP contribution is 2.27. The van der Waals surface area contributed by atoms with Gasteiger partial charge in [0.1, 0.15) is 5.75 Å². The van der Waals surface area contributed by atoms with Crippen LogP contribution < -0.4 is 15.8 Å². The van der Waals surface area contributed by atoms with Crippen LogP contribution in [0.4, 0.5) is 11.8 Å². The van der Waals surface area contributed by atoms with E-state index in [1.54, 1.807) is 0 Å². The Morgan fingerprint density at radius 1 is 1.30 bits per heavy atom. The van der Waals surface area contributed by atoms with Gasteiger partial charge in [0.15, 0.2) is 11.6 Å². The van der Waals surface area contributed by atoms with E-state index in [1.165, 1.54) is 11.8 Å². The zero-order valence-electron chi connectivity index (χ0n) is 11.3. The second-order valence-electron chi connectivity index (χ2n) is 4.19. The number of anilines is 2. The minimum absolute atomic E-state index is 0.00541. The van der Waals surface area contributed by atoms with Gasteiger partial charge in [-0.15, -0.1) is 0 Å². The van der Waals surface area contributed by atoms with Crippen LogP contribution in [-0.4, -0.2) is 28.2 Å². The molecule has 0 aliphatic heterocycles. The summed E-state index contributed by atoms with van der Waals surface area (Å²) in [6, 6.07) is 7.80. The molecule has 106 valence electrons. The van der Waals surface area contributed by atoms with E-state index < -0.39 is 0 Å². The summed E-state index contributed by atoms with van der Waals surface area (Å²) in [5.41, 5.74) is 6.79. The molecule has 0 saturated heterocycles. The van der Waals surface area contributed by atoms with Crippen molar-refractivity contribution in [3.05, 3.63) is 36.0 Å². The lowest BCUT2D eigenvalue weighted by Gasteiger charge is -2.11. The van der Waals surface area contributed by atoms with Crippen molar-refractivity contribution in [3.8, 4) is 11.5 Å². The van der Waals surface area contributed by atoms with Gasteiger partial charge in [-0.2, -0.15) is 4.98 Å². The number of aliphatic hydroxyl groups is 1. The fourth-order valence-electron chi connectivity index (χ4n) is 1.68. The van der Waals surface area contributed by atoms with Gasteiger partial charge in [-0.1, -0.05) is 19.1 Å². The van der Waals surface area contributed by atoms with Crippen molar-refractivity contribution in [1.82, 2.24) is 9.97 Å². The van der Waals surface area contributed by atoms with E-state index in [1.807, 2.05) is 24.3 Å². The molecule has 20 heavy (non-hydrogen) atoms. The third-order valence-corrected chi connectivity index (χ3v) is 2.74. The van der Waals surface area contributed by atoms with Crippen LogP contribution in [0, 0.1) is 0 Å². The standard InChI is InChI=1S/C14H18N4O2/c1-2-10-3-5-11(6-4-10)20-12-9-17-14(15)18-13(12)16-7-8-19/h3-6,9,19H,2,7-8H2,1H3,(H3,15,16,17,18). The molecule has 0 unspecified atom stereocenters. The van der Waals surface area contributed by atoms with Gasteiger partial charge in [-0.3, -0.25) is 0 Å². The molecule has 0 saturated carbocycles. The van der Waals surface area contributed by atoms with E-state index in [-0.39, 0.29) is 12.6 Å². The Balaban J connectivity index is 2.18. The maximum atomic E-state index is 8.86. The summed E-state index contributed by atoms with van der Waals surface area (Å²) in [7, 11) is 0. The number of benzene rings is 1. The first-order valence-corrected chi connectivity index (χ1v) is 6.47. The monoisotopic (exact) mass is 274 g/mol. The van der Waals surface area contributed by atoms with Gasteiger partial charge in [-0.25, -0.2) is 4.98 Å². The van der Waals surface area contributed by atoms with Crippen molar-refractivity contribution in [2.45, 2.75) is 13.3 Å². The molecule has 0 aliphatic rings. The number of nitrogens with one attached hydrogen (secondary N) is 1. The second kappa shape index (κ2) is 6.72. The third kappa shape index (κ3) is 3.58. The molecule has 0 bridgehead atoms. The number of ether oxygens (including phenoxy) is 1. The summed E-state index contributed by atoms with van der Waals surface area (Å²) >= 11 is 0. The predicted octanol–water partition coefficient (Wildman–Crippen LogP) is 1.82. The summed E-state index contributed by atoms with van der Waals surface area (Å²) in [4.78, 5) is 7.98. The number of rotatable bonds is 6. The van der Waals surface area contributed by atoms with Crippen LogP contribution in [0.15, 0.2) is 30.5 Å². The Labute approximate surface area is 117 Å². The Morgan fingerprint density at radius 2 is 2.05 bits per heavy atom. The zero-order valence-corrected chi connectivity index (χ0v) is 11.3. The minimum atomic E-state index is -0.00541. The first-order chi connectivity index (χ1) is 9.72. The smallest absolute Gasteiger partial charge is 0.222 e. The largest absolute Gasteiger partial charge is 0.452 e. The van der Waals surface area contributed by atoms with E-state index in [0.29, 0.717) is 23.9 Å². The lowest BCUT2D eigenvalue weighted by molar-refractivity contribution is 0.310. The van der Waals surface area contributed by atoms with Crippen LogP contribution in [-0.2, 0) is 6.42 Å². The summed E-state index contributed by atoms with van der Waals surface area (Å²) in [5.74, 6) is 1.78. The van der Waals surface area contributed by atoms with Crippen molar-refractivity contribution in [2.24, 2.45) is 0 Å². The molecule has 0 atom stereocenters. The maximum absolute atomic E-state index is 8.86. The molecule has 1 aromatic carbocycles. The highest BCUT2D eigenvalue weighted by molar-refractivity contribution is 5.52. The molecule has 6 heteroatoms. The normalized spacial score (nSPS) is 10.3. The van der Waals surface area contributed by atoms with Gasteiger partial charge in [0, 0.05) is 6.54 Å². The van der Waals surface area contributed by atoms with Gasteiger partial charge in [0.25, 0.3) is 0 Å². The van der Waals surface area contributed by atoms with Gasteiger partial charge in [0.05, 0.1) is 12.8 Å². The lowest BCUT2D eigenvalue weighted by atomic mass is 10.2. The Hall–Kier alpha value is -2.34. The Morgan fingerprint density at radius 3 is 2.70 bits per heavy atom. The highest BCUT2D eigenvalue weighted by Gasteiger charge is 2.08. The van der Waals surface area contributed by atoms with Crippen LogP contribution in [0.25, 0.3) is 0 Å². The predicted molar refractivity (Wildman–Crippen MR) is 77.9 cm³/mol. The van der Waals surface area contributed by atoms with Crippen LogP contribution >= 0.6 is 0 Å². The topological polar surface area (TPSA) is 93.3 Å². The number of hydrogen-bond acceptors (Lipinski definition) is 6. The van der Waals surface area contributed by atoms with Gasteiger partial charge >= 0.3 is 0 Å². The summed E-state index contributed by atoms with van der Waals surface area (Å²) in [5, 5.41) is 11.8. The highest BCUT2D eigenvalue weighted by atomic mass is 16.5. The van der Waals surface area contributed by atoms with E-state index in [2.05, 4.69) is 22.2 Å². The summed E-state index contributed by atoms with van der Waals surface area (Å²) in [6.07, 6.45) is 2.49. The van der Waals surface area contributed by atoms with Gasteiger partial charge in [-0.05, 0) is 24.1 Å². The maximum Gasteiger partial charge on any atom is 0.222 e. The molecular formula is C14H18N4O2. The minimum Gasteiger partial charge on any atom is -0.452 e. The summed E-state index contributed by atoms with van der Waals surface area (Å²) < 4.78 is 5.74. The number of nitrogens with zero attached hydrogens (tertiary/aromatic N) is 2. The first-order valence-electron chi connectivity index (χ1n) is 6.47. The molecule has 1 heterocycles. The Bertz CT molecular complexity index is 558. The van der Waals surface area contributed by atoms with Gasteiger partial charge < -0.3 is 20.9 Å². The summed E-state index contributed by atoms with van der Waals surface area (Å²) in [6.45, 7) is 2.46. The molecule has 0 radical (unpaired) electrons. The van der Waals surface area contributed by atoms with Crippen LogP contribution in [0.3, 0.4) is 0 Å². The second-order valence-corrected chi connectivity index (χ2v) is 4.19. The van der Waals surface area contributed by atoms with Crippen molar-refractivity contribution >= 4 is 11.8 Å². The zero-order chi connectivity index (χ0) is 14.4. The lowest BCUT2D eigenvalue weighted by Crippen LogP contribution is -2.09. The SMILES string of the molecule is CCc1ccc(Oc2cnc(N)nc2NCCO)cc1. The average molecular weight is 274 g/mol. The first kappa shape index (κ1) is 14.1. The Kier molecular flexibility index (Phi) is 4.73. The number of aryl methyl sites for hydroxylation is 1. The van der Waals surface area contributed by atoms with Crippen molar-refractivity contribution in [2.75, 3.05) is 24.2 Å². The molecule has 1 aromatic heterocycles. The molecule has 6 nitrogen and oxygen atoms in total. The third-order valence-electron chi connectivity index (χ3n) is 2.74. The fraction of sp³-hybridized carbons (Fsp3) is 0.286. The molecule has 0 aliphatic carbocycles. The average Bonchev–Trinajstić information content (AvgIpc) is 2.48. The van der Waals surface area contributed by atoms with E-state index >= 15 is 0 Å². The number of hydrogen-bond donors (Lipinski definition) is 3. The molecule has 2 rings (SSSR count). The van der Waals surface area contributed by atoms with Crippen LogP contribution in [0.1, 0.15) is 12.5 Å². The molecule has 2 aromatic rings. The van der Waals surface area contributed by atoms with E-state index in [0.717, 1.165) is 6.42 Å². The number of aromatic nitrogens is 2. The number of nitrogen functional groups attached to an aromatic ring is 1. The fourth-order valence-corrected chi connectivity index (χ4v) is 1.68. The molecular weight excluding hydrogens is 256 g/mol. The number of nitrogens with two attached hydrogens (primary N) is 1. The quantitative estimate of drug-likeness (QED) is 0.744. The van der Waals surface area contributed by atoms with Crippen molar-refractivity contribution in [1.29, 1.82) is 0 Å². The van der Waals surface area contributed by atoms with Crippen LogP contribution in [0.5, 0.6) is 11.5 Å². The van der Waals surface area contributed by atoms with E-state index in [4.69, 9.17) is 15.6 Å². The van der Waals surface area contributed by atoms with Crippen LogP contribution in [0.2, 0.25) is 0 Å². The van der Waals surface area contributed by atoms with Gasteiger partial charge in [0.2, 0.25) is 5.95 Å². The molecule has 0 spiro atoms. The van der Waals surface area contributed by atoms with Crippen molar-refractivity contribution in [3.63, 3.8) is 0 Å². The molecule has 4 N–H and O–H groups in total. The molecule has 0 fully saturated rings. The molecule has 0 amide bonds. The van der Waals surface area contributed by atoms with E-state index in [9.17, 15) is 0 Å².